The first kappa shape index (κ1) is 17.4. The Morgan fingerprint density at radius 3 is 2.68 bits per heavy atom. The Balaban J connectivity index is 1.58. The summed E-state index contributed by atoms with van der Waals surface area (Å²) in [5, 5.41) is 3.31. The van der Waals surface area contributed by atoms with Crippen LogP contribution in [0.25, 0.3) is 0 Å². The van der Waals surface area contributed by atoms with Crippen molar-refractivity contribution in [1.82, 2.24) is 10.5 Å². The smallest absolute Gasteiger partial charge is 0.276 e. The molecule has 1 heterocycles. The van der Waals surface area contributed by atoms with Crippen LogP contribution >= 0.6 is 0 Å². The zero-order valence-electron chi connectivity index (χ0n) is 14.6. The Hall–Kier alpha value is -2.40. The highest BCUT2D eigenvalue weighted by Crippen LogP contribution is 2.28. The molecule has 1 atom stereocenters. The van der Waals surface area contributed by atoms with Crippen molar-refractivity contribution in [3.63, 3.8) is 0 Å². The van der Waals surface area contributed by atoms with Gasteiger partial charge in [0.2, 0.25) is 0 Å². The van der Waals surface area contributed by atoms with Crippen molar-refractivity contribution in [2.45, 2.75) is 45.3 Å². The molecule has 5 heteroatoms. The minimum Gasteiger partial charge on any atom is -0.380 e. The lowest BCUT2D eigenvalue weighted by atomic mass is 10.0. The third-order valence-corrected chi connectivity index (χ3v) is 4.81. The van der Waals surface area contributed by atoms with Gasteiger partial charge in [-0.2, -0.15) is 0 Å². The highest BCUT2D eigenvalue weighted by Gasteiger charge is 2.23. The van der Waals surface area contributed by atoms with Crippen LogP contribution in [-0.4, -0.2) is 17.0 Å². The molecule has 1 aliphatic rings. The van der Waals surface area contributed by atoms with Gasteiger partial charge in [-0.1, -0.05) is 25.0 Å². The second kappa shape index (κ2) is 8.62. The lowest BCUT2D eigenvalue weighted by Gasteiger charge is -2.19. The SMILES string of the molecule is CC(ONC(=O)c1ccccc1NCc1ccncc1)C1CCCC1. The van der Waals surface area contributed by atoms with Crippen LogP contribution in [0.15, 0.2) is 48.8 Å². The van der Waals surface area contributed by atoms with E-state index >= 15 is 0 Å². The molecule has 0 radical (unpaired) electrons. The van der Waals surface area contributed by atoms with Crippen molar-refractivity contribution < 1.29 is 9.63 Å². The summed E-state index contributed by atoms with van der Waals surface area (Å²) in [5.41, 5.74) is 5.10. The number of hydroxylamine groups is 1. The Morgan fingerprint density at radius 1 is 1.20 bits per heavy atom. The molecule has 1 aromatic heterocycles. The van der Waals surface area contributed by atoms with E-state index in [1.165, 1.54) is 25.7 Å². The number of hydrogen-bond acceptors (Lipinski definition) is 4. The van der Waals surface area contributed by atoms with E-state index in [9.17, 15) is 4.79 Å². The van der Waals surface area contributed by atoms with Crippen LogP contribution in [0.3, 0.4) is 0 Å². The largest absolute Gasteiger partial charge is 0.380 e. The van der Waals surface area contributed by atoms with E-state index in [1.54, 1.807) is 18.5 Å². The normalized spacial score (nSPS) is 15.7. The van der Waals surface area contributed by atoms with Gasteiger partial charge in [0.25, 0.3) is 5.91 Å². The summed E-state index contributed by atoms with van der Waals surface area (Å²) in [6.45, 7) is 2.66. The van der Waals surface area contributed by atoms with E-state index in [0.717, 1.165) is 11.3 Å². The molecule has 1 amide bonds. The summed E-state index contributed by atoms with van der Waals surface area (Å²) < 4.78 is 0. The summed E-state index contributed by atoms with van der Waals surface area (Å²) in [6, 6.07) is 11.4. The predicted octanol–water partition coefficient (Wildman–Crippen LogP) is 3.93. The number of aromatic nitrogens is 1. The summed E-state index contributed by atoms with van der Waals surface area (Å²) in [5.74, 6) is 0.322. The average molecular weight is 339 g/mol. The number of anilines is 1. The molecule has 0 bridgehead atoms. The lowest BCUT2D eigenvalue weighted by molar-refractivity contribution is -0.0326. The van der Waals surface area contributed by atoms with Crippen LogP contribution in [0.1, 0.15) is 48.5 Å². The first-order valence-electron chi connectivity index (χ1n) is 8.92. The monoisotopic (exact) mass is 339 g/mol. The number of hydrogen-bond donors (Lipinski definition) is 2. The van der Waals surface area contributed by atoms with E-state index in [2.05, 4.69) is 15.8 Å². The summed E-state index contributed by atoms with van der Waals surface area (Å²) in [4.78, 5) is 22.1. The first-order valence-corrected chi connectivity index (χ1v) is 8.92. The summed E-state index contributed by atoms with van der Waals surface area (Å²) in [7, 11) is 0. The van der Waals surface area contributed by atoms with E-state index in [0.29, 0.717) is 18.0 Å². The minimum atomic E-state index is -0.220. The van der Waals surface area contributed by atoms with Gasteiger partial charge in [-0.15, -0.1) is 0 Å². The number of benzene rings is 1. The van der Waals surface area contributed by atoms with Crippen LogP contribution in [0.2, 0.25) is 0 Å². The number of nitrogens with zero attached hydrogens (tertiary/aromatic N) is 1. The minimum absolute atomic E-state index is 0.0448. The molecule has 132 valence electrons. The lowest BCUT2D eigenvalue weighted by Crippen LogP contribution is -2.32. The molecule has 0 saturated heterocycles. The molecule has 1 saturated carbocycles. The van der Waals surface area contributed by atoms with Crippen LogP contribution in [0.4, 0.5) is 5.69 Å². The molecule has 1 unspecified atom stereocenters. The molecular weight excluding hydrogens is 314 g/mol. The van der Waals surface area contributed by atoms with Gasteiger partial charge in [0.1, 0.15) is 0 Å². The number of carbonyl (C=O) groups is 1. The Kier molecular flexibility index (Phi) is 6.01. The Morgan fingerprint density at radius 2 is 1.92 bits per heavy atom. The fourth-order valence-electron chi connectivity index (χ4n) is 3.26. The van der Waals surface area contributed by atoms with E-state index in [4.69, 9.17) is 4.84 Å². The second-order valence-corrected chi connectivity index (χ2v) is 6.55. The highest BCUT2D eigenvalue weighted by atomic mass is 16.7. The molecule has 5 nitrogen and oxygen atoms in total. The standard InChI is InChI=1S/C20H25N3O2/c1-15(17-6-2-3-7-17)25-23-20(24)18-8-4-5-9-19(18)22-14-16-10-12-21-13-11-16/h4-5,8-13,15,17,22H,2-3,6-7,14H2,1H3,(H,23,24). The summed E-state index contributed by atoms with van der Waals surface area (Å²) in [6.07, 6.45) is 8.44. The quantitative estimate of drug-likeness (QED) is 0.750. The number of amides is 1. The molecule has 25 heavy (non-hydrogen) atoms. The van der Waals surface area contributed by atoms with Crippen molar-refractivity contribution >= 4 is 11.6 Å². The molecule has 1 aromatic carbocycles. The average Bonchev–Trinajstić information content (AvgIpc) is 3.20. The van der Waals surface area contributed by atoms with Crippen LogP contribution in [-0.2, 0) is 11.4 Å². The van der Waals surface area contributed by atoms with Crippen LogP contribution in [0.5, 0.6) is 0 Å². The predicted molar refractivity (Wildman–Crippen MR) is 98.0 cm³/mol. The number of pyridine rings is 1. The van der Waals surface area contributed by atoms with Gasteiger partial charge >= 0.3 is 0 Å². The maximum atomic E-state index is 12.5. The highest BCUT2D eigenvalue weighted by molar-refractivity contribution is 5.99. The molecule has 0 spiro atoms. The van der Waals surface area contributed by atoms with Crippen molar-refractivity contribution in [3.8, 4) is 0 Å². The van der Waals surface area contributed by atoms with E-state index < -0.39 is 0 Å². The van der Waals surface area contributed by atoms with Crippen LogP contribution < -0.4 is 10.8 Å². The number of rotatable bonds is 7. The molecule has 0 aliphatic heterocycles. The second-order valence-electron chi connectivity index (χ2n) is 6.55. The molecule has 2 N–H and O–H groups in total. The van der Waals surface area contributed by atoms with Gasteiger partial charge in [0.05, 0.1) is 11.7 Å². The topological polar surface area (TPSA) is 63.2 Å². The maximum Gasteiger partial charge on any atom is 0.276 e. The van der Waals surface area contributed by atoms with Crippen molar-refractivity contribution in [3.05, 3.63) is 59.9 Å². The Labute approximate surface area is 148 Å². The third-order valence-electron chi connectivity index (χ3n) is 4.81. The van der Waals surface area contributed by atoms with Gasteiger partial charge in [0, 0.05) is 24.6 Å². The van der Waals surface area contributed by atoms with Crippen molar-refractivity contribution in [2.75, 3.05) is 5.32 Å². The fraction of sp³-hybridized carbons (Fsp3) is 0.400. The molecule has 1 aliphatic carbocycles. The number of para-hydroxylation sites is 1. The van der Waals surface area contributed by atoms with Crippen molar-refractivity contribution in [1.29, 1.82) is 0 Å². The van der Waals surface area contributed by atoms with Crippen molar-refractivity contribution in [2.24, 2.45) is 5.92 Å². The summed E-state index contributed by atoms with van der Waals surface area (Å²) >= 11 is 0. The van der Waals surface area contributed by atoms with Gasteiger partial charge < -0.3 is 5.32 Å². The zero-order chi connectivity index (χ0) is 17.5. The fourth-order valence-corrected chi connectivity index (χ4v) is 3.26. The van der Waals surface area contributed by atoms with Gasteiger partial charge in [-0.25, -0.2) is 5.48 Å². The zero-order valence-corrected chi connectivity index (χ0v) is 14.6. The Bertz CT molecular complexity index is 684. The maximum absolute atomic E-state index is 12.5. The molecule has 3 rings (SSSR count). The van der Waals surface area contributed by atoms with Gasteiger partial charge in [0.15, 0.2) is 0 Å². The first-order chi connectivity index (χ1) is 12.2. The van der Waals surface area contributed by atoms with Gasteiger partial charge in [-0.05, 0) is 55.5 Å². The van der Waals surface area contributed by atoms with E-state index in [-0.39, 0.29) is 12.0 Å². The molecule has 1 fully saturated rings. The van der Waals surface area contributed by atoms with E-state index in [1.807, 2.05) is 37.3 Å². The van der Waals surface area contributed by atoms with Crippen LogP contribution in [0, 0.1) is 5.92 Å². The number of carbonyl (C=O) groups excluding carboxylic acids is 1. The molecule has 2 aromatic rings. The van der Waals surface area contributed by atoms with Gasteiger partial charge in [-0.3, -0.25) is 14.6 Å². The third kappa shape index (κ3) is 4.79. The molecular formula is C20H25N3O2. The number of nitrogens with one attached hydrogen (secondary N) is 2.